The molecule has 0 unspecified atom stereocenters. The van der Waals surface area contributed by atoms with Gasteiger partial charge in [-0.3, -0.25) is 14.4 Å². The van der Waals surface area contributed by atoms with Gasteiger partial charge < -0.3 is 19.6 Å². The van der Waals surface area contributed by atoms with Crippen molar-refractivity contribution in [3.63, 3.8) is 0 Å². The Morgan fingerprint density at radius 2 is 1.66 bits per heavy atom. The van der Waals surface area contributed by atoms with Gasteiger partial charge in [-0.05, 0) is 93.8 Å². The van der Waals surface area contributed by atoms with E-state index in [-0.39, 0.29) is 36.4 Å². The fourth-order valence-corrected chi connectivity index (χ4v) is 5.17. The topological polar surface area (TPSA) is 87.2 Å². The van der Waals surface area contributed by atoms with Gasteiger partial charge in [-0.2, -0.15) is 0 Å². The van der Waals surface area contributed by atoms with Crippen LogP contribution in [-0.4, -0.2) is 35.5 Å². The summed E-state index contributed by atoms with van der Waals surface area (Å²) in [6.07, 6.45) is 0.920. The predicted octanol–water partition coefficient (Wildman–Crippen LogP) is 7.39. The minimum atomic E-state index is -0.880. The molecule has 1 aliphatic rings. The van der Waals surface area contributed by atoms with Crippen molar-refractivity contribution in [3.8, 4) is 5.75 Å². The van der Waals surface area contributed by atoms with Crippen molar-refractivity contribution < 1.29 is 24.2 Å². The van der Waals surface area contributed by atoms with E-state index in [0.29, 0.717) is 29.2 Å². The number of carbonyl (C=O) groups is 3. The van der Waals surface area contributed by atoms with E-state index in [1.807, 2.05) is 62.1 Å². The van der Waals surface area contributed by atoms with Gasteiger partial charge in [-0.25, -0.2) is 0 Å². The summed E-state index contributed by atoms with van der Waals surface area (Å²) in [5, 5.41) is 9.89. The summed E-state index contributed by atoms with van der Waals surface area (Å²) in [7, 11) is 0. The average molecular weight is 577 g/mol. The number of fused-ring (bicyclic) bond motifs is 1. The molecule has 0 bridgehead atoms. The largest absolute Gasteiger partial charge is 0.494 e. The average Bonchev–Trinajstić information content (AvgIpc) is 2.94. The first-order valence-corrected chi connectivity index (χ1v) is 14.3. The Bertz CT molecular complexity index is 1400. The lowest BCUT2D eigenvalue weighted by Gasteiger charge is -2.44. The third-order valence-corrected chi connectivity index (χ3v) is 7.86. The van der Waals surface area contributed by atoms with Crippen molar-refractivity contribution in [3.05, 3.63) is 88.9 Å². The number of aliphatic carboxylic acids is 1. The summed E-state index contributed by atoms with van der Waals surface area (Å²) < 4.78 is 5.75. The van der Waals surface area contributed by atoms with Crippen molar-refractivity contribution in [1.82, 2.24) is 0 Å². The lowest BCUT2D eigenvalue weighted by molar-refractivity contribution is -0.147. The first-order valence-electron chi connectivity index (χ1n) is 13.9. The number of amides is 2. The van der Waals surface area contributed by atoms with Crippen molar-refractivity contribution in [2.45, 2.75) is 59.5 Å². The minimum absolute atomic E-state index is 0.00133. The van der Waals surface area contributed by atoms with Crippen molar-refractivity contribution in [2.24, 2.45) is 11.3 Å². The summed E-state index contributed by atoms with van der Waals surface area (Å²) in [6, 6.07) is 21.5. The van der Waals surface area contributed by atoms with E-state index in [9.17, 15) is 19.5 Å². The monoisotopic (exact) mass is 576 g/mol. The zero-order chi connectivity index (χ0) is 29.9. The fourth-order valence-electron chi connectivity index (χ4n) is 5.04. The van der Waals surface area contributed by atoms with Gasteiger partial charge >= 0.3 is 5.97 Å². The Balaban J connectivity index is 1.60. The maximum atomic E-state index is 13.9. The van der Waals surface area contributed by atoms with Gasteiger partial charge in [0.15, 0.2) is 0 Å². The zero-order valence-corrected chi connectivity index (χ0v) is 24.9. The molecule has 2 atom stereocenters. The Morgan fingerprint density at radius 3 is 2.27 bits per heavy atom. The van der Waals surface area contributed by atoms with Crippen LogP contribution in [0.3, 0.4) is 0 Å². The van der Waals surface area contributed by atoms with Crippen molar-refractivity contribution >= 4 is 40.8 Å². The van der Waals surface area contributed by atoms with E-state index < -0.39 is 11.4 Å². The van der Waals surface area contributed by atoms with Crippen LogP contribution in [0, 0.1) is 11.3 Å². The van der Waals surface area contributed by atoms with Gasteiger partial charge in [-0.15, -0.1) is 0 Å². The normalized spacial score (nSPS) is 16.7. The number of rotatable bonds is 9. The number of anilines is 2. The second-order valence-corrected chi connectivity index (χ2v) is 11.9. The number of nitrogens with zero attached hydrogens (tertiary/aromatic N) is 2. The van der Waals surface area contributed by atoms with Gasteiger partial charge in [0.2, 0.25) is 5.91 Å². The Kier molecular flexibility index (Phi) is 9.08. The van der Waals surface area contributed by atoms with Crippen LogP contribution in [0.2, 0.25) is 5.02 Å². The number of carboxylic acid groups (broad SMARTS) is 1. The van der Waals surface area contributed by atoms with Crippen LogP contribution >= 0.6 is 11.6 Å². The second-order valence-electron chi connectivity index (χ2n) is 11.5. The molecule has 3 aromatic rings. The van der Waals surface area contributed by atoms with Crippen LogP contribution in [0.1, 0.15) is 69.4 Å². The standard InChI is InChI=1S/C33H37ClN2O5/c1-21(2)30(37)36(25-14-12-24(34)13-15-25)29-20-22(3)35(28-9-7-6-8-27(28)29)31(38)23-10-16-26(17-11-23)41-19-18-33(4,5)32(39)40/h6-17,21-22,29H,18-20H2,1-5H3,(H,39,40)/t22-,29+/m0/s1. The molecule has 2 amide bonds. The molecule has 0 aromatic heterocycles. The second kappa shape index (κ2) is 12.4. The fraction of sp³-hybridized carbons (Fsp3) is 0.364. The summed E-state index contributed by atoms with van der Waals surface area (Å²) in [5.41, 5.74) is 2.07. The van der Waals surface area contributed by atoms with Gasteiger partial charge in [0.1, 0.15) is 5.75 Å². The Hall–Kier alpha value is -3.84. The van der Waals surface area contributed by atoms with E-state index >= 15 is 0 Å². The van der Waals surface area contributed by atoms with E-state index in [0.717, 1.165) is 16.9 Å². The van der Waals surface area contributed by atoms with E-state index in [1.54, 1.807) is 55.1 Å². The van der Waals surface area contributed by atoms with Gasteiger partial charge in [-0.1, -0.05) is 43.6 Å². The highest BCUT2D eigenvalue weighted by atomic mass is 35.5. The molecule has 216 valence electrons. The lowest BCUT2D eigenvalue weighted by Crippen LogP contribution is -2.48. The highest BCUT2D eigenvalue weighted by Crippen LogP contribution is 2.43. The number of benzene rings is 3. The first kappa shape index (κ1) is 30.1. The maximum Gasteiger partial charge on any atom is 0.309 e. The molecule has 0 saturated heterocycles. The van der Waals surface area contributed by atoms with Crippen molar-refractivity contribution in [2.75, 3.05) is 16.4 Å². The smallest absolute Gasteiger partial charge is 0.309 e. The number of ether oxygens (including phenoxy) is 1. The minimum Gasteiger partial charge on any atom is -0.494 e. The lowest BCUT2D eigenvalue weighted by atomic mass is 9.89. The molecule has 3 aromatic carbocycles. The molecule has 0 radical (unpaired) electrons. The SMILES string of the molecule is CC(C)C(=O)N(c1ccc(Cl)cc1)[C@@H]1C[C@H](C)N(C(=O)c2ccc(OCCC(C)(C)C(=O)O)cc2)c2ccccc21. The molecule has 0 spiro atoms. The van der Waals surface area contributed by atoms with E-state index in [1.165, 1.54) is 0 Å². The van der Waals surface area contributed by atoms with Crippen LogP contribution < -0.4 is 14.5 Å². The molecule has 1 heterocycles. The first-order chi connectivity index (χ1) is 19.4. The summed E-state index contributed by atoms with van der Waals surface area (Å²) in [6.45, 7) is 9.36. The van der Waals surface area contributed by atoms with Crippen LogP contribution in [0.4, 0.5) is 11.4 Å². The molecule has 41 heavy (non-hydrogen) atoms. The molecule has 1 aliphatic heterocycles. The number of carbonyl (C=O) groups excluding carboxylic acids is 2. The molecule has 0 saturated carbocycles. The Labute approximate surface area is 246 Å². The molecular formula is C33H37ClN2O5. The molecular weight excluding hydrogens is 540 g/mol. The number of hydrogen-bond acceptors (Lipinski definition) is 4. The highest BCUT2D eigenvalue weighted by molar-refractivity contribution is 6.30. The summed E-state index contributed by atoms with van der Waals surface area (Å²) in [5.74, 6) is -0.661. The van der Waals surface area contributed by atoms with Crippen LogP contribution in [0.25, 0.3) is 0 Å². The molecule has 1 N–H and O–H groups in total. The highest BCUT2D eigenvalue weighted by Gasteiger charge is 2.39. The number of carboxylic acids is 1. The van der Waals surface area contributed by atoms with Crippen LogP contribution in [0.5, 0.6) is 5.75 Å². The third-order valence-electron chi connectivity index (χ3n) is 7.60. The third kappa shape index (κ3) is 6.57. The molecule has 8 heteroatoms. The van der Waals surface area contributed by atoms with E-state index in [4.69, 9.17) is 16.3 Å². The zero-order valence-electron chi connectivity index (χ0n) is 24.1. The van der Waals surface area contributed by atoms with Crippen LogP contribution in [0.15, 0.2) is 72.8 Å². The number of hydrogen-bond donors (Lipinski definition) is 1. The number of halogens is 1. The Morgan fingerprint density at radius 1 is 1.02 bits per heavy atom. The molecule has 0 fully saturated rings. The summed E-state index contributed by atoms with van der Waals surface area (Å²) in [4.78, 5) is 42.4. The van der Waals surface area contributed by atoms with Crippen LogP contribution in [-0.2, 0) is 9.59 Å². The maximum absolute atomic E-state index is 13.9. The van der Waals surface area contributed by atoms with E-state index in [2.05, 4.69) is 0 Å². The summed E-state index contributed by atoms with van der Waals surface area (Å²) >= 11 is 6.15. The molecule has 4 rings (SSSR count). The van der Waals surface area contributed by atoms with Gasteiger partial charge in [0, 0.05) is 33.9 Å². The van der Waals surface area contributed by atoms with Gasteiger partial charge in [0.25, 0.3) is 5.91 Å². The molecule has 7 nitrogen and oxygen atoms in total. The van der Waals surface area contributed by atoms with Gasteiger partial charge in [0.05, 0.1) is 18.1 Å². The number of para-hydroxylation sites is 1. The predicted molar refractivity (Wildman–Crippen MR) is 162 cm³/mol. The van der Waals surface area contributed by atoms with Crippen molar-refractivity contribution in [1.29, 1.82) is 0 Å². The molecule has 0 aliphatic carbocycles. The quantitative estimate of drug-likeness (QED) is 0.287.